The van der Waals surface area contributed by atoms with Gasteiger partial charge in [-0.25, -0.2) is 4.98 Å². The number of thioether (sulfide) groups is 1. The minimum Gasteiger partial charge on any atom is -0.307 e. The first-order valence-electron chi connectivity index (χ1n) is 8.20. The third kappa shape index (κ3) is 5.57. The maximum atomic E-state index is 4.93. The molecule has 21 heavy (non-hydrogen) atoms. The lowest BCUT2D eigenvalue weighted by molar-refractivity contribution is 0.425. The first kappa shape index (κ1) is 17.3. The Hall–Kier alpha value is -0.0600. The quantitative estimate of drug-likeness (QED) is 0.764. The number of rotatable bonds is 6. The maximum Gasteiger partial charge on any atom is 0.103 e. The van der Waals surface area contributed by atoms with Crippen molar-refractivity contribution in [3.63, 3.8) is 0 Å². The average molecular weight is 327 g/mol. The van der Waals surface area contributed by atoms with Gasteiger partial charge in [-0.15, -0.1) is 11.3 Å². The van der Waals surface area contributed by atoms with E-state index < -0.39 is 0 Å². The molecule has 1 aromatic rings. The molecule has 0 radical (unpaired) electrons. The molecule has 0 aliphatic heterocycles. The lowest BCUT2D eigenvalue weighted by Gasteiger charge is -2.20. The van der Waals surface area contributed by atoms with Crippen molar-refractivity contribution in [2.45, 2.75) is 89.3 Å². The number of hydrogen-bond acceptors (Lipinski definition) is 4. The molecule has 4 heteroatoms. The second kappa shape index (κ2) is 7.47. The highest BCUT2D eigenvalue weighted by molar-refractivity contribution is 7.99. The van der Waals surface area contributed by atoms with Gasteiger partial charge in [-0.05, 0) is 39.5 Å². The van der Waals surface area contributed by atoms with Crippen LogP contribution in [-0.4, -0.2) is 15.8 Å². The molecule has 1 fully saturated rings. The molecular weight excluding hydrogens is 296 g/mol. The Balaban J connectivity index is 1.98. The number of nitrogens with zero attached hydrogens (tertiary/aromatic N) is 1. The van der Waals surface area contributed by atoms with Gasteiger partial charge in [-0.3, -0.25) is 0 Å². The Morgan fingerprint density at radius 1 is 1.29 bits per heavy atom. The van der Waals surface area contributed by atoms with Gasteiger partial charge in [0.2, 0.25) is 0 Å². The number of hydrogen-bond donors (Lipinski definition) is 1. The summed E-state index contributed by atoms with van der Waals surface area (Å²) in [5.41, 5.74) is 1.47. The van der Waals surface area contributed by atoms with Crippen LogP contribution in [0.2, 0.25) is 0 Å². The molecular formula is C17H30N2S2. The molecule has 120 valence electrons. The Bertz CT molecular complexity index is 440. The van der Waals surface area contributed by atoms with E-state index in [1.165, 1.54) is 41.3 Å². The van der Waals surface area contributed by atoms with Gasteiger partial charge in [0.1, 0.15) is 5.01 Å². The second-order valence-electron chi connectivity index (χ2n) is 7.39. The van der Waals surface area contributed by atoms with Crippen molar-refractivity contribution in [3.8, 4) is 0 Å². The van der Waals surface area contributed by atoms with Gasteiger partial charge in [-0.1, -0.05) is 26.7 Å². The molecule has 0 spiro atoms. The summed E-state index contributed by atoms with van der Waals surface area (Å²) in [5, 5.41) is 5.81. The molecule has 0 bridgehead atoms. The molecule has 0 unspecified atom stereocenters. The summed E-state index contributed by atoms with van der Waals surface area (Å²) in [6.45, 7) is 12.1. The summed E-state index contributed by atoms with van der Waals surface area (Å²) >= 11 is 4.04. The first-order chi connectivity index (χ1) is 9.85. The van der Waals surface area contributed by atoms with E-state index >= 15 is 0 Å². The van der Waals surface area contributed by atoms with Crippen LogP contribution in [0.4, 0.5) is 0 Å². The minimum absolute atomic E-state index is 0.164. The fourth-order valence-electron chi connectivity index (χ4n) is 2.64. The van der Waals surface area contributed by atoms with Crippen LogP contribution in [-0.2, 0) is 12.3 Å². The number of thiazole rings is 1. The molecule has 1 saturated carbocycles. The monoisotopic (exact) mass is 326 g/mol. The van der Waals surface area contributed by atoms with E-state index in [9.17, 15) is 0 Å². The highest BCUT2D eigenvalue weighted by Crippen LogP contribution is 2.34. The summed E-state index contributed by atoms with van der Waals surface area (Å²) < 4.78 is 0. The van der Waals surface area contributed by atoms with Gasteiger partial charge < -0.3 is 5.32 Å². The van der Waals surface area contributed by atoms with Gasteiger partial charge in [0, 0.05) is 28.0 Å². The molecule has 1 heterocycles. The van der Waals surface area contributed by atoms with Crippen LogP contribution in [0.5, 0.6) is 0 Å². The van der Waals surface area contributed by atoms with Crippen LogP contribution in [0.1, 0.15) is 81.8 Å². The van der Waals surface area contributed by atoms with Crippen LogP contribution in [0.15, 0.2) is 0 Å². The summed E-state index contributed by atoms with van der Waals surface area (Å²) in [5.74, 6) is 1.62. The van der Waals surface area contributed by atoms with E-state index in [1.807, 2.05) is 11.3 Å². The Labute approximate surface area is 138 Å². The SMILES string of the molecule is CC(C)c1nc(CSC2CCCC2)sc1CNC(C)(C)C. The highest BCUT2D eigenvalue weighted by Gasteiger charge is 2.19. The Kier molecular flexibility index (Phi) is 6.15. The number of nitrogens with one attached hydrogen (secondary N) is 1. The standard InChI is InChI=1S/C17H30N2S2/c1-12(2)16-14(10-18-17(3,4)5)21-15(19-16)11-20-13-8-6-7-9-13/h12-13,18H,6-11H2,1-5H3. The van der Waals surface area contributed by atoms with Crippen molar-refractivity contribution in [2.24, 2.45) is 0 Å². The largest absolute Gasteiger partial charge is 0.307 e. The van der Waals surface area contributed by atoms with E-state index in [1.54, 1.807) is 0 Å². The van der Waals surface area contributed by atoms with Crippen molar-refractivity contribution in [1.29, 1.82) is 0 Å². The Morgan fingerprint density at radius 2 is 1.95 bits per heavy atom. The van der Waals surface area contributed by atoms with E-state index in [4.69, 9.17) is 4.98 Å². The van der Waals surface area contributed by atoms with Gasteiger partial charge in [0.05, 0.1) is 5.69 Å². The van der Waals surface area contributed by atoms with Gasteiger partial charge in [0.15, 0.2) is 0 Å². The lowest BCUT2D eigenvalue weighted by atomic mass is 10.1. The third-order valence-electron chi connectivity index (χ3n) is 3.84. The van der Waals surface area contributed by atoms with E-state index in [0.29, 0.717) is 5.92 Å². The first-order valence-corrected chi connectivity index (χ1v) is 10.1. The molecule has 0 saturated heterocycles. The van der Waals surface area contributed by atoms with Crippen molar-refractivity contribution < 1.29 is 0 Å². The average Bonchev–Trinajstić information content (AvgIpc) is 3.02. The van der Waals surface area contributed by atoms with Crippen molar-refractivity contribution in [2.75, 3.05) is 0 Å². The fraction of sp³-hybridized carbons (Fsp3) is 0.824. The van der Waals surface area contributed by atoms with Crippen molar-refractivity contribution in [3.05, 3.63) is 15.6 Å². The predicted molar refractivity (Wildman–Crippen MR) is 96.3 cm³/mol. The predicted octanol–water partition coefficient (Wildman–Crippen LogP) is 5.33. The van der Waals surface area contributed by atoms with Gasteiger partial charge in [-0.2, -0.15) is 11.8 Å². The van der Waals surface area contributed by atoms with Crippen molar-refractivity contribution in [1.82, 2.24) is 10.3 Å². The van der Waals surface area contributed by atoms with Crippen LogP contribution in [0.25, 0.3) is 0 Å². The van der Waals surface area contributed by atoms with Gasteiger partial charge in [0.25, 0.3) is 0 Å². The van der Waals surface area contributed by atoms with Crippen LogP contribution in [0.3, 0.4) is 0 Å². The minimum atomic E-state index is 0.164. The summed E-state index contributed by atoms with van der Waals surface area (Å²) in [6, 6.07) is 0. The summed E-state index contributed by atoms with van der Waals surface area (Å²) in [4.78, 5) is 6.36. The maximum absolute atomic E-state index is 4.93. The number of aromatic nitrogens is 1. The third-order valence-corrected chi connectivity index (χ3v) is 6.48. The summed E-state index contributed by atoms with van der Waals surface area (Å²) in [6.07, 6.45) is 5.66. The van der Waals surface area contributed by atoms with Crippen LogP contribution >= 0.6 is 23.1 Å². The molecule has 1 aliphatic carbocycles. The molecule has 1 N–H and O–H groups in total. The zero-order valence-corrected chi connectivity index (χ0v) is 15.8. The zero-order valence-electron chi connectivity index (χ0n) is 14.2. The molecule has 2 rings (SSSR count). The van der Waals surface area contributed by atoms with E-state index in [-0.39, 0.29) is 5.54 Å². The fourth-order valence-corrected chi connectivity index (χ4v) is 5.15. The molecule has 2 nitrogen and oxygen atoms in total. The molecule has 1 aromatic heterocycles. The van der Waals surface area contributed by atoms with Crippen LogP contribution < -0.4 is 5.32 Å². The molecule has 0 atom stereocenters. The summed E-state index contributed by atoms with van der Waals surface area (Å²) in [7, 11) is 0. The highest BCUT2D eigenvalue weighted by atomic mass is 32.2. The van der Waals surface area contributed by atoms with E-state index in [2.05, 4.69) is 51.7 Å². The Morgan fingerprint density at radius 3 is 2.52 bits per heavy atom. The second-order valence-corrected chi connectivity index (χ2v) is 9.85. The topological polar surface area (TPSA) is 24.9 Å². The van der Waals surface area contributed by atoms with Gasteiger partial charge >= 0.3 is 0 Å². The van der Waals surface area contributed by atoms with E-state index in [0.717, 1.165) is 17.5 Å². The molecule has 0 amide bonds. The zero-order chi connectivity index (χ0) is 15.5. The van der Waals surface area contributed by atoms with Crippen LogP contribution in [0, 0.1) is 0 Å². The molecule has 1 aliphatic rings. The molecule has 0 aromatic carbocycles. The van der Waals surface area contributed by atoms with Crippen molar-refractivity contribution >= 4 is 23.1 Å². The normalized spacial score (nSPS) is 17.0. The lowest BCUT2D eigenvalue weighted by Crippen LogP contribution is -2.35. The smallest absolute Gasteiger partial charge is 0.103 e.